The van der Waals surface area contributed by atoms with Crippen molar-refractivity contribution in [3.63, 3.8) is 0 Å². The van der Waals surface area contributed by atoms with Gasteiger partial charge in [-0.1, -0.05) is 0 Å². The number of carbonyl (C=O) groups excluding carboxylic acids is 3. The lowest BCUT2D eigenvalue weighted by atomic mass is 10.0. The molecule has 3 aromatic rings. The molecule has 11 heteroatoms. The van der Waals surface area contributed by atoms with Crippen LogP contribution in [0.3, 0.4) is 0 Å². The number of amides is 3. The number of aromatic amines is 1. The van der Waals surface area contributed by atoms with Gasteiger partial charge in [0.15, 0.2) is 0 Å². The molecule has 0 spiro atoms. The standard InChI is InChI=1S/C31H40N6O5/c1-20-15-22(17-26-29(20)35-30(34-26)27-5-4-14-42-27)31(40)33-18-28(39)36-12-9-23(10-13-36)37(19-38)11-8-21-16-24(41-3)6-7-25(21)32-2/h6-7,15-17,19,23,27,32H,4-5,8-14,18H2,1-3H3,(H,33,40)(H,34,35). The van der Waals surface area contributed by atoms with Crippen molar-refractivity contribution in [2.45, 2.75) is 51.2 Å². The fourth-order valence-electron chi connectivity index (χ4n) is 5.92. The highest BCUT2D eigenvalue weighted by Gasteiger charge is 2.27. The van der Waals surface area contributed by atoms with Crippen LogP contribution in [0.15, 0.2) is 30.3 Å². The van der Waals surface area contributed by atoms with E-state index in [1.807, 2.05) is 37.1 Å². The van der Waals surface area contributed by atoms with E-state index in [0.29, 0.717) is 44.5 Å². The normalized spacial score (nSPS) is 17.3. The number of fused-ring (bicyclic) bond motifs is 1. The molecular formula is C31H40N6O5. The van der Waals surface area contributed by atoms with Crippen LogP contribution in [0, 0.1) is 6.92 Å². The highest BCUT2D eigenvalue weighted by Crippen LogP contribution is 2.29. The Morgan fingerprint density at radius 3 is 2.71 bits per heavy atom. The number of piperidine rings is 1. The highest BCUT2D eigenvalue weighted by atomic mass is 16.5. The van der Waals surface area contributed by atoms with Crippen LogP contribution in [-0.4, -0.2) is 91.0 Å². The van der Waals surface area contributed by atoms with Gasteiger partial charge in [0, 0.05) is 50.6 Å². The van der Waals surface area contributed by atoms with Gasteiger partial charge in [-0.25, -0.2) is 4.98 Å². The second-order valence-electron chi connectivity index (χ2n) is 11.0. The lowest BCUT2D eigenvalue weighted by Gasteiger charge is -2.37. The summed E-state index contributed by atoms with van der Waals surface area (Å²) in [6.07, 6.45) is 4.89. The van der Waals surface area contributed by atoms with Crippen molar-refractivity contribution < 1.29 is 23.9 Å². The molecular weight excluding hydrogens is 536 g/mol. The Morgan fingerprint density at radius 1 is 1.21 bits per heavy atom. The van der Waals surface area contributed by atoms with Gasteiger partial charge in [-0.15, -0.1) is 0 Å². The van der Waals surface area contributed by atoms with Gasteiger partial charge in [-0.05, 0) is 80.5 Å². The molecule has 2 saturated heterocycles. The van der Waals surface area contributed by atoms with E-state index < -0.39 is 0 Å². The minimum absolute atomic E-state index is 0.0337. The number of methoxy groups -OCH3 is 1. The third-order valence-corrected chi connectivity index (χ3v) is 8.34. The SMILES string of the molecule is CNc1ccc(OC)cc1CCN(C=O)C1CCN(C(=O)CNC(=O)c2cc(C)c3nc(C4CCCO4)[nH]c3c2)CC1. The monoisotopic (exact) mass is 576 g/mol. The molecule has 224 valence electrons. The van der Waals surface area contributed by atoms with Crippen molar-refractivity contribution in [1.82, 2.24) is 25.1 Å². The smallest absolute Gasteiger partial charge is 0.251 e. The van der Waals surface area contributed by atoms with Crippen LogP contribution in [0.1, 0.15) is 59.1 Å². The van der Waals surface area contributed by atoms with Crippen molar-refractivity contribution in [2.75, 3.05) is 52.3 Å². The number of hydrogen-bond donors (Lipinski definition) is 3. The first-order chi connectivity index (χ1) is 20.4. The Morgan fingerprint density at radius 2 is 2.02 bits per heavy atom. The first-order valence-electron chi connectivity index (χ1n) is 14.6. The van der Waals surface area contributed by atoms with Crippen LogP contribution in [-0.2, 0) is 20.7 Å². The predicted molar refractivity (Wildman–Crippen MR) is 160 cm³/mol. The summed E-state index contributed by atoms with van der Waals surface area (Å²) < 4.78 is 11.1. The number of imidazole rings is 1. The second-order valence-corrected chi connectivity index (χ2v) is 11.0. The molecule has 0 bridgehead atoms. The molecule has 1 atom stereocenters. The molecule has 2 aliphatic heterocycles. The summed E-state index contributed by atoms with van der Waals surface area (Å²) in [4.78, 5) is 49.4. The molecule has 2 fully saturated rings. The number of nitrogens with zero attached hydrogens (tertiary/aromatic N) is 3. The van der Waals surface area contributed by atoms with Crippen molar-refractivity contribution in [2.24, 2.45) is 0 Å². The van der Waals surface area contributed by atoms with Gasteiger partial charge in [-0.3, -0.25) is 14.4 Å². The maximum absolute atomic E-state index is 12.9. The average molecular weight is 577 g/mol. The summed E-state index contributed by atoms with van der Waals surface area (Å²) in [5.74, 6) is 1.13. The third kappa shape index (κ3) is 6.51. The number of likely N-dealkylation sites (tertiary alicyclic amines) is 1. The fourth-order valence-corrected chi connectivity index (χ4v) is 5.92. The first-order valence-corrected chi connectivity index (χ1v) is 14.6. The van der Waals surface area contributed by atoms with Gasteiger partial charge in [-0.2, -0.15) is 0 Å². The molecule has 0 radical (unpaired) electrons. The van der Waals surface area contributed by atoms with Gasteiger partial charge >= 0.3 is 0 Å². The summed E-state index contributed by atoms with van der Waals surface area (Å²) in [6, 6.07) is 9.50. The van der Waals surface area contributed by atoms with E-state index in [1.165, 1.54) is 0 Å². The minimum atomic E-state index is -0.304. The molecule has 3 N–H and O–H groups in total. The maximum Gasteiger partial charge on any atom is 0.251 e. The van der Waals surface area contributed by atoms with E-state index in [9.17, 15) is 14.4 Å². The second kappa shape index (κ2) is 13.2. The van der Waals surface area contributed by atoms with E-state index in [1.54, 1.807) is 24.1 Å². The minimum Gasteiger partial charge on any atom is -0.497 e. The maximum atomic E-state index is 12.9. The Hall–Kier alpha value is -4.12. The molecule has 3 heterocycles. The summed E-state index contributed by atoms with van der Waals surface area (Å²) in [5, 5.41) is 5.97. The van der Waals surface area contributed by atoms with Gasteiger partial charge < -0.3 is 34.9 Å². The number of aromatic nitrogens is 2. The lowest BCUT2D eigenvalue weighted by Crippen LogP contribution is -2.49. The number of H-pyrrole nitrogens is 1. The van der Waals surface area contributed by atoms with E-state index in [2.05, 4.69) is 15.6 Å². The Balaban J connectivity index is 1.11. The topological polar surface area (TPSA) is 129 Å². The van der Waals surface area contributed by atoms with Crippen LogP contribution >= 0.6 is 0 Å². The van der Waals surface area contributed by atoms with E-state index in [-0.39, 0.29) is 30.5 Å². The molecule has 1 unspecified atom stereocenters. The molecule has 1 aromatic heterocycles. The van der Waals surface area contributed by atoms with Crippen LogP contribution in [0.5, 0.6) is 5.75 Å². The Labute approximate surface area is 245 Å². The molecule has 42 heavy (non-hydrogen) atoms. The van der Waals surface area contributed by atoms with Crippen LogP contribution in [0.4, 0.5) is 5.69 Å². The van der Waals surface area contributed by atoms with Crippen LogP contribution in [0.25, 0.3) is 11.0 Å². The number of rotatable bonds is 11. The van der Waals surface area contributed by atoms with Crippen LogP contribution < -0.4 is 15.4 Å². The van der Waals surface area contributed by atoms with Gasteiger partial charge in [0.1, 0.15) is 17.7 Å². The van der Waals surface area contributed by atoms with E-state index in [0.717, 1.165) is 65.3 Å². The molecule has 2 aliphatic rings. The highest BCUT2D eigenvalue weighted by molar-refractivity contribution is 5.99. The fraction of sp³-hybridized carbons (Fsp3) is 0.484. The van der Waals surface area contributed by atoms with Crippen molar-refractivity contribution in [3.05, 3.63) is 52.8 Å². The number of carbonyl (C=O) groups is 3. The number of anilines is 1. The summed E-state index contributed by atoms with van der Waals surface area (Å²) in [6.45, 7) is 4.23. The zero-order valence-electron chi connectivity index (χ0n) is 24.6. The van der Waals surface area contributed by atoms with Crippen molar-refractivity contribution >= 4 is 34.9 Å². The van der Waals surface area contributed by atoms with Crippen LogP contribution in [0.2, 0.25) is 0 Å². The number of benzene rings is 2. The molecule has 5 rings (SSSR count). The van der Waals surface area contributed by atoms with Crippen molar-refractivity contribution in [3.8, 4) is 5.75 Å². The number of ether oxygens (including phenoxy) is 2. The van der Waals surface area contributed by atoms with Gasteiger partial charge in [0.2, 0.25) is 12.3 Å². The largest absolute Gasteiger partial charge is 0.497 e. The lowest BCUT2D eigenvalue weighted by molar-refractivity contribution is -0.132. The summed E-state index contributed by atoms with van der Waals surface area (Å²) in [5.41, 5.74) is 5.07. The number of aryl methyl sites for hydroxylation is 1. The van der Waals surface area contributed by atoms with E-state index in [4.69, 9.17) is 14.5 Å². The third-order valence-electron chi connectivity index (χ3n) is 8.34. The molecule has 2 aromatic carbocycles. The first kappa shape index (κ1) is 29.4. The summed E-state index contributed by atoms with van der Waals surface area (Å²) >= 11 is 0. The zero-order valence-corrected chi connectivity index (χ0v) is 24.6. The Kier molecular flexibility index (Phi) is 9.26. The zero-order chi connectivity index (χ0) is 29.6. The number of nitrogens with one attached hydrogen (secondary N) is 3. The van der Waals surface area contributed by atoms with Gasteiger partial charge in [0.05, 0.1) is 24.7 Å². The molecule has 3 amide bonds. The van der Waals surface area contributed by atoms with Crippen molar-refractivity contribution in [1.29, 1.82) is 0 Å². The predicted octanol–water partition coefficient (Wildman–Crippen LogP) is 3.20. The Bertz CT molecular complexity index is 1420. The van der Waals surface area contributed by atoms with E-state index >= 15 is 0 Å². The number of hydrogen-bond acceptors (Lipinski definition) is 7. The molecule has 11 nitrogen and oxygen atoms in total. The molecule has 0 saturated carbocycles. The molecule has 0 aliphatic carbocycles. The quantitative estimate of drug-likeness (QED) is 0.299. The average Bonchev–Trinajstić information content (AvgIpc) is 3.71. The van der Waals surface area contributed by atoms with Gasteiger partial charge in [0.25, 0.3) is 5.91 Å². The summed E-state index contributed by atoms with van der Waals surface area (Å²) in [7, 11) is 3.51.